The molecule has 2 aromatic carbocycles. The van der Waals surface area contributed by atoms with E-state index in [0.29, 0.717) is 42.2 Å². The van der Waals surface area contributed by atoms with Crippen LogP contribution in [0.15, 0.2) is 48.5 Å². The lowest BCUT2D eigenvalue weighted by Gasteiger charge is -2.17. The number of halogens is 6. The molecule has 10 heteroatoms. The van der Waals surface area contributed by atoms with Gasteiger partial charge in [-0.25, -0.2) is 22.9 Å². The second kappa shape index (κ2) is 10.0. The Bertz CT molecular complexity index is 1350. The first-order chi connectivity index (χ1) is 17.1. The average Bonchev–Trinajstić information content (AvgIpc) is 3.35. The fourth-order valence-electron chi connectivity index (χ4n) is 4.06. The summed E-state index contributed by atoms with van der Waals surface area (Å²) in [5.74, 6) is -4.50. The molecule has 0 N–H and O–H groups in total. The largest absolute Gasteiger partial charge is 0.488 e. The highest BCUT2D eigenvalue weighted by molar-refractivity contribution is 5.94. The van der Waals surface area contributed by atoms with Crippen LogP contribution in [0.5, 0.6) is 5.75 Å². The lowest BCUT2D eigenvalue weighted by Crippen LogP contribution is -2.09. The zero-order valence-corrected chi connectivity index (χ0v) is 18.9. The quantitative estimate of drug-likeness (QED) is 0.205. The maximum absolute atomic E-state index is 14.1. The number of allylic oxidation sites excluding steroid dienone is 2. The third-order valence-corrected chi connectivity index (χ3v) is 5.81. The van der Waals surface area contributed by atoms with Crippen LogP contribution in [0.4, 0.5) is 26.3 Å². The van der Waals surface area contributed by atoms with Crippen molar-refractivity contribution in [3.63, 3.8) is 0 Å². The predicted octanol–water partition coefficient (Wildman–Crippen LogP) is 6.98. The summed E-state index contributed by atoms with van der Waals surface area (Å²) in [4.78, 5) is 16.2. The number of pyridine rings is 1. The maximum Gasteiger partial charge on any atom is 0.416 e. The van der Waals surface area contributed by atoms with Crippen molar-refractivity contribution in [2.24, 2.45) is 0 Å². The van der Waals surface area contributed by atoms with E-state index in [1.165, 1.54) is 13.2 Å². The molecule has 1 aromatic heterocycles. The Labute approximate surface area is 202 Å². The summed E-state index contributed by atoms with van der Waals surface area (Å²) in [7, 11) is 1.20. The van der Waals surface area contributed by atoms with E-state index in [1.807, 2.05) is 0 Å². The number of alkyl halides is 3. The highest BCUT2D eigenvalue weighted by Crippen LogP contribution is 2.44. The number of hydrogen-bond acceptors (Lipinski definition) is 4. The van der Waals surface area contributed by atoms with Crippen molar-refractivity contribution in [1.82, 2.24) is 4.98 Å². The monoisotopic (exact) mass is 507 g/mol. The Kier molecular flexibility index (Phi) is 7.05. The summed E-state index contributed by atoms with van der Waals surface area (Å²) in [5.41, 5.74) is -0.0436. The molecule has 0 amide bonds. The molecule has 0 bridgehead atoms. The molecule has 0 saturated carbocycles. The van der Waals surface area contributed by atoms with E-state index < -0.39 is 47.3 Å². The van der Waals surface area contributed by atoms with E-state index in [9.17, 15) is 31.1 Å². The maximum atomic E-state index is 14.1. The van der Waals surface area contributed by atoms with Crippen molar-refractivity contribution in [1.29, 1.82) is 0 Å². The summed E-state index contributed by atoms with van der Waals surface area (Å²) >= 11 is 0. The molecule has 0 spiro atoms. The molecule has 0 saturated heterocycles. The fourth-order valence-corrected chi connectivity index (χ4v) is 4.06. The van der Waals surface area contributed by atoms with Crippen LogP contribution in [-0.4, -0.2) is 18.1 Å². The molecule has 3 aromatic rings. The van der Waals surface area contributed by atoms with Crippen LogP contribution in [-0.2, 0) is 17.5 Å². The van der Waals surface area contributed by atoms with Gasteiger partial charge in [0.15, 0.2) is 11.6 Å². The molecule has 0 radical (unpaired) electrons. The van der Waals surface area contributed by atoms with Crippen molar-refractivity contribution >= 4 is 17.1 Å². The molecule has 1 aliphatic carbocycles. The number of rotatable bonds is 6. The van der Waals surface area contributed by atoms with Gasteiger partial charge in [-0.2, -0.15) is 13.2 Å². The van der Waals surface area contributed by atoms with E-state index in [4.69, 9.17) is 4.74 Å². The topological polar surface area (TPSA) is 48.4 Å². The standard InChI is InChI=1S/C26H19F6NO3/c1-35-25(34)22-7-3-6-21(33-22)16-5-2-4-15(16)17-12-14(26(30,31)32)8-11-23(17)36-13-18-19(27)9-10-20(28)24(18)29/h3,6-12H,2,4-5,13H2,1H3. The van der Waals surface area contributed by atoms with Crippen molar-refractivity contribution < 1.29 is 40.6 Å². The summed E-state index contributed by atoms with van der Waals surface area (Å²) < 4.78 is 92.6. The number of hydrogen-bond donors (Lipinski definition) is 0. The van der Waals surface area contributed by atoms with Gasteiger partial charge in [-0.1, -0.05) is 6.07 Å². The fraction of sp³-hybridized carbons (Fsp3) is 0.231. The Balaban J connectivity index is 1.80. The SMILES string of the molecule is COC(=O)c1cccc(C2=C(c3cc(C(F)(F)F)ccc3OCc3c(F)ccc(F)c3F)CCC2)n1. The molecule has 0 unspecified atom stereocenters. The number of ether oxygens (including phenoxy) is 2. The van der Waals surface area contributed by atoms with Crippen LogP contribution in [0, 0.1) is 17.5 Å². The first-order valence-corrected chi connectivity index (χ1v) is 10.8. The number of carbonyl (C=O) groups excluding carboxylic acids is 1. The van der Waals surface area contributed by atoms with E-state index in [0.717, 1.165) is 24.3 Å². The van der Waals surface area contributed by atoms with Crippen LogP contribution in [0.2, 0.25) is 0 Å². The summed E-state index contributed by atoms with van der Waals surface area (Å²) in [6.45, 7) is -0.744. The van der Waals surface area contributed by atoms with Crippen LogP contribution >= 0.6 is 0 Å². The molecule has 0 atom stereocenters. The first-order valence-electron chi connectivity index (χ1n) is 10.8. The third-order valence-electron chi connectivity index (χ3n) is 5.81. The minimum Gasteiger partial charge on any atom is -0.488 e. The van der Waals surface area contributed by atoms with Crippen LogP contribution in [0.1, 0.15) is 52.1 Å². The zero-order valence-electron chi connectivity index (χ0n) is 18.9. The molecule has 0 aliphatic heterocycles. The molecule has 188 valence electrons. The Morgan fingerprint density at radius 2 is 1.69 bits per heavy atom. The van der Waals surface area contributed by atoms with Gasteiger partial charge in [0.2, 0.25) is 0 Å². The predicted molar refractivity (Wildman–Crippen MR) is 118 cm³/mol. The van der Waals surface area contributed by atoms with Crippen LogP contribution in [0.25, 0.3) is 11.1 Å². The number of methoxy groups -OCH3 is 1. The van der Waals surface area contributed by atoms with Gasteiger partial charge >= 0.3 is 12.1 Å². The highest BCUT2D eigenvalue weighted by Gasteiger charge is 2.32. The van der Waals surface area contributed by atoms with E-state index in [-0.39, 0.29) is 17.0 Å². The lowest BCUT2D eigenvalue weighted by atomic mass is 9.96. The number of benzene rings is 2. The molecule has 1 heterocycles. The smallest absolute Gasteiger partial charge is 0.416 e. The Morgan fingerprint density at radius 3 is 2.42 bits per heavy atom. The second-order valence-electron chi connectivity index (χ2n) is 8.03. The molecular formula is C26H19F6NO3. The number of nitrogens with zero attached hydrogens (tertiary/aromatic N) is 1. The summed E-state index contributed by atoms with van der Waals surface area (Å²) in [6, 6.07) is 8.78. The van der Waals surface area contributed by atoms with E-state index in [2.05, 4.69) is 9.72 Å². The molecular weight excluding hydrogens is 488 g/mol. The van der Waals surface area contributed by atoms with Gasteiger partial charge in [0.1, 0.15) is 23.9 Å². The Morgan fingerprint density at radius 1 is 0.972 bits per heavy atom. The van der Waals surface area contributed by atoms with Crippen molar-refractivity contribution in [3.05, 3.63) is 94.1 Å². The van der Waals surface area contributed by atoms with Gasteiger partial charge < -0.3 is 9.47 Å². The van der Waals surface area contributed by atoms with Gasteiger partial charge in [0, 0.05) is 5.56 Å². The van der Waals surface area contributed by atoms with Crippen molar-refractivity contribution in [2.75, 3.05) is 7.11 Å². The first kappa shape index (κ1) is 25.3. The second-order valence-corrected chi connectivity index (χ2v) is 8.03. The van der Waals surface area contributed by atoms with Gasteiger partial charge in [-0.3, -0.25) is 0 Å². The molecule has 4 nitrogen and oxygen atoms in total. The number of esters is 1. The van der Waals surface area contributed by atoms with Crippen LogP contribution < -0.4 is 4.74 Å². The highest BCUT2D eigenvalue weighted by atomic mass is 19.4. The Hall–Kier alpha value is -3.82. The lowest BCUT2D eigenvalue weighted by molar-refractivity contribution is -0.137. The normalized spacial score (nSPS) is 13.8. The number of aromatic nitrogens is 1. The van der Waals surface area contributed by atoms with Gasteiger partial charge in [0.05, 0.1) is 23.9 Å². The average molecular weight is 507 g/mol. The molecule has 36 heavy (non-hydrogen) atoms. The van der Waals surface area contributed by atoms with E-state index in [1.54, 1.807) is 12.1 Å². The molecule has 0 fully saturated rings. The van der Waals surface area contributed by atoms with Crippen molar-refractivity contribution in [3.8, 4) is 5.75 Å². The van der Waals surface area contributed by atoms with Gasteiger partial charge in [-0.05, 0) is 72.9 Å². The summed E-state index contributed by atoms with van der Waals surface area (Å²) in [5, 5.41) is 0. The summed E-state index contributed by atoms with van der Waals surface area (Å²) in [6.07, 6.45) is -3.22. The van der Waals surface area contributed by atoms with Crippen molar-refractivity contribution in [2.45, 2.75) is 32.0 Å². The number of carbonyl (C=O) groups is 1. The van der Waals surface area contributed by atoms with E-state index >= 15 is 0 Å². The van der Waals surface area contributed by atoms with Gasteiger partial charge in [0.25, 0.3) is 0 Å². The van der Waals surface area contributed by atoms with Gasteiger partial charge in [-0.15, -0.1) is 0 Å². The minimum absolute atomic E-state index is 0.0336. The van der Waals surface area contributed by atoms with Crippen LogP contribution in [0.3, 0.4) is 0 Å². The zero-order chi connectivity index (χ0) is 26.0. The third kappa shape index (κ3) is 5.07. The molecule has 4 rings (SSSR count). The molecule has 1 aliphatic rings. The minimum atomic E-state index is -4.66.